The topological polar surface area (TPSA) is 55.3 Å². The number of rotatable bonds is 2. The standard InChI is InChI=1S/C32H23N.C13H12.C7H8.H4N2/c1-22-19-20-25-24-13-5-6-14-26(24)32(29(25)21-22)27-15-7-9-17-30(27)33(23-11-3-2-4-12-23)31-18-10-8-16-28(31)32;1-11-7-9-13(10-8-11)12-5-3-2-4-6-12;1-7-5-3-2-4-6-7;1-2/h2-21H,1H3;2-10H,1H3;2-6H,1H3;1-2H2. The number of nitrogens with zero attached hydrogens (tertiary/aromatic N) is 1. The summed E-state index contributed by atoms with van der Waals surface area (Å²) in [4.78, 5) is 2.42. The number of benzene rings is 8. The van der Waals surface area contributed by atoms with Crippen molar-refractivity contribution in [3.05, 3.63) is 245 Å². The summed E-state index contributed by atoms with van der Waals surface area (Å²) in [6, 6.07) is 73.8. The summed E-state index contributed by atoms with van der Waals surface area (Å²) in [7, 11) is 0. The van der Waals surface area contributed by atoms with Crippen LogP contribution < -0.4 is 16.6 Å². The molecule has 0 amide bonds. The fraction of sp³-hybridized carbons (Fsp3) is 0.0769. The Morgan fingerprint density at radius 3 is 1.33 bits per heavy atom. The second kappa shape index (κ2) is 16.7. The first kappa shape index (κ1) is 36.8. The first-order valence-corrected chi connectivity index (χ1v) is 18.8. The molecule has 0 bridgehead atoms. The van der Waals surface area contributed by atoms with E-state index in [0.717, 1.165) is 0 Å². The SMILES string of the molecule is Cc1ccc(-c2ccccc2)cc1.Cc1ccc2c(c1)C1(c3ccccc3-2)c2ccccc2N(c2ccccc2)c2ccccc21.Cc1ccccc1.NN. The highest BCUT2D eigenvalue weighted by molar-refractivity contribution is 5.95. The molecular formula is C52H47N3. The van der Waals surface area contributed by atoms with Gasteiger partial charge in [-0.15, -0.1) is 0 Å². The summed E-state index contributed by atoms with van der Waals surface area (Å²) in [6.07, 6.45) is 0. The molecule has 0 saturated carbocycles. The number of anilines is 3. The Hall–Kier alpha value is -6.52. The molecule has 2 aliphatic rings. The number of hydrogen-bond donors (Lipinski definition) is 2. The van der Waals surface area contributed by atoms with E-state index in [2.05, 4.69) is 219 Å². The lowest BCUT2D eigenvalue weighted by Gasteiger charge is -2.45. The third-order valence-corrected chi connectivity index (χ3v) is 10.4. The molecule has 1 aliphatic heterocycles. The molecule has 0 radical (unpaired) electrons. The Labute approximate surface area is 326 Å². The average Bonchev–Trinajstić information content (AvgIpc) is 3.53. The molecule has 0 fully saturated rings. The van der Waals surface area contributed by atoms with Gasteiger partial charge in [-0.25, -0.2) is 0 Å². The van der Waals surface area contributed by atoms with Crippen LogP contribution in [0.1, 0.15) is 38.9 Å². The fourth-order valence-corrected chi connectivity index (χ4v) is 7.99. The molecule has 3 nitrogen and oxygen atoms in total. The summed E-state index contributed by atoms with van der Waals surface area (Å²) in [6.45, 7) is 6.39. The molecule has 0 aromatic heterocycles. The minimum atomic E-state index is -0.337. The van der Waals surface area contributed by atoms with Gasteiger partial charge in [-0.05, 0) is 89.5 Å². The molecule has 1 aliphatic carbocycles. The van der Waals surface area contributed by atoms with Crippen molar-refractivity contribution in [2.24, 2.45) is 11.7 Å². The van der Waals surface area contributed by atoms with E-state index in [0.29, 0.717) is 0 Å². The van der Waals surface area contributed by atoms with Gasteiger partial charge < -0.3 is 4.90 Å². The van der Waals surface area contributed by atoms with Crippen molar-refractivity contribution in [2.45, 2.75) is 26.2 Å². The highest BCUT2D eigenvalue weighted by Gasteiger charge is 2.51. The highest BCUT2D eigenvalue weighted by Crippen LogP contribution is 2.63. The number of aryl methyl sites for hydroxylation is 3. The predicted octanol–water partition coefficient (Wildman–Crippen LogP) is 12.6. The van der Waals surface area contributed by atoms with Crippen LogP contribution in [0.15, 0.2) is 206 Å². The normalized spacial score (nSPS) is 12.2. The number of fused-ring (bicyclic) bond motifs is 9. The first-order valence-electron chi connectivity index (χ1n) is 18.8. The van der Waals surface area contributed by atoms with Gasteiger partial charge in [0.15, 0.2) is 0 Å². The Morgan fingerprint density at radius 1 is 0.345 bits per heavy atom. The molecule has 0 saturated heterocycles. The van der Waals surface area contributed by atoms with Gasteiger partial charge in [-0.3, -0.25) is 11.7 Å². The van der Waals surface area contributed by atoms with Gasteiger partial charge in [0.05, 0.1) is 16.8 Å². The van der Waals surface area contributed by atoms with Crippen LogP contribution in [0.3, 0.4) is 0 Å². The minimum Gasteiger partial charge on any atom is -0.310 e. The maximum Gasteiger partial charge on any atom is 0.0754 e. The zero-order valence-corrected chi connectivity index (χ0v) is 31.7. The zero-order valence-electron chi connectivity index (χ0n) is 31.7. The third kappa shape index (κ3) is 7.12. The Balaban J connectivity index is 0.000000173. The summed E-state index contributed by atoms with van der Waals surface area (Å²) in [5.74, 6) is 8.00. The molecule has 1 spiro atoms. The molecule has 55 heavy (non-hydrogen) atoms. The van der Waals surface area contributed by atoms with Crippen molar-refractivity contribution in [3.63, 3.8) is 0 Å². The van der Waals surface area contributed by atoms with E-state index in [1.807, 2.05) is 24.3 Å². The van der Waals surface area contributed by atoms with Crippen molar-refractivity contribution in [1.82, 2.24) is 0 Å². The second-order valence-corrected chi connectivity index (χ2v) is 13.9. The van der Waals surface area contributed by atoms with Crippen molar-refractivity contribution >= 4 is 17.1 Å². The molecule has 270 valence electrons. The van der Waals surface area contributed by atoms with Crippen LogP contribution in [0.25, 0.3) is 22.3 Å². The van der Waals surface area contributed by atoms with Crippen molar-refractivity contribution in [1.29, 1.82) is 0 Å². The summed E-state index contributed by atoms with van der Waals surface area (Å²) in [5.41, 5.74) is 17.9. The van der Waals surface area contributed by atoms with Crippen LogP contribution in [-0.4, -0.2) is 0 Å². The monoisotopic (exact) mass is 713 g/mol. The lowest BCUT2D eigenvalue weighted by molar-refractivity contribution is 0.752. The molecule has 8 aromatic rings. The quantitative estimate of drug-likeness (QED) is 0.138. The lowest BCUT2D eigenvalue weighted by Crippen LogP contribution is -2.36. The number of hydrazine groups is 1. The van der Waals surface area contributed by atoms with Crippen molar-refractivity contribution in [3.8, 4) is 22.3 Å². The van der Waals surface area contributed by atoms with Gasteiger partial charge in [-0.2, -0.15) is 0 Å². The molecule has 10 rings (SSSR count). The van der Waals surface area contributed by atoms with Crippen LogP contribution in [0.4, 0.5) is 17.1 Å². The van der Waals surface area contributed by atoms with Gasteiger partial charge in [0, 0.05) is 5.69 Å². The summed E-state index contributed by atoms with van der Waals surface area (Å²) in [5, 5.41) is 0. The van der Waals surface area contributed by atoms with E-state index < -0.39 is 0 Å². The number of nitrogens with two attached hydrogens (primary N) is 2. The Bertz CT molecular complexity index is 2430. The van der Waals surface area contributed by atoms with E-state index in [-0.39, 0.29) is 5.41 Å². The van der Waals surface area contributed by atoms with Crippen molar-refractivity contribution < 1.29 is 0 Å². The first-order chi connectivity index (χ1) is 27.1. The third-order valence-electron chi connectivity index (χ3n) is 10.4. The van der Waals surface area contributed by atoms with Gasteiger partial charge in [0.2, 0.25) is 0 Å². The zero-order chi connectivity index (χ0) is 38.2. The Morgan fingerprint density at radius 2 is 0.764 bits per heavy atom. The molecule has 0 atom stereocenters. The summed E-state index contributed by atoms with van der Waals surface area (Å²) < 4.78 is 0. The van der Waals surface area contributed by atoms with Crippen molar-refractivity contribution in [2.75, 3.05) is 4.90 Å². The van der Waals surface area contributed by atoms with Gasteiger partial charge >= 0.3 is 0 Å². The van der Waals surface area contributed by atoms with E-state index in [1.165, 1.54) is 78.3 Å². The van der Waals surface area contributed by atoms with Crippen LogP contribution in [-0.2, 0) is 5.41 Å². The predicted molar refractivity (Wildman–Crippen MR) is 233 cm³/mol. The average molecular weight is 714 g/mol. The highest BCUT2D eigenvalue weighted by atomic mass is 15.2. The smallest absolute Gasteiger partial charge is 0.0754 e. The molecular weight excluding hydrogens is 667 g/mol. The Kier molecular flexibility index (Phi) is 11.1. The van der Waals surface area contributed by atoms with Crippen LogP contribution >= 0.6 is 0 Å². The summed E-state index contributed by atoms with van der Waals surface area (Å²) >= 11 is 0. The van der Waals surface area contributed by atoms with E-state index in [1.54, 1.807) is 0 Å². The number of hydrogen-bond acceptors (Lipinski definition) is 3. The molecule has 0 unspecified atom stereocenters. The van der Waals surface area contributed by atoms with Gasteiger partial charge in [0.25, 0.3) is 0 Å². The second-order valence-electron chi connectivity index (χ2n) is 13.9. The van der Waals surface area contributed by atoms with E-state index in [4.69, 9.17) is 0 Å². The van der Waals surface area contributed by atoms with Crippen LogP contribution in [0.2, 0.25) is 0 Å². The molecule has 8 aromatic carbocycles. The fourth-order valence-electron chi connectivity index (χ4n) is 7.99. The largest absolute Gasteiger partial charge is 0.310 e. The lowest BCUT2D eigenvalue weighted by atomic mass is 9.64. The number of para-hydroxylation sites is 3. The van der Waals surface area contributed by atoms with Crippen LogP contribution in [0.5, 0.6) is 0 Å². The molecule has 1 heterocycles. The minimum absolute atomic E-state index is 0.337. The maximum atomic E-state index is 4.00. The van der Waals surface area contributed by atoms with Gasteiger partial charge in [-0.1, -0.05) is 199 Å². The van der Waals surface area contributed by atoms with E-state index >= 15 is 0 Å². The molecule has 3 heteroatoms. The maximum absolute atomic E-state index is 4.00. The van der Waals surface area contributed by atoms with E-state index in [9.17, 15) is 0 Å². The van der Waals surface area contributed by atoms with Crippen LogP contribution in [0, 0.1) is 20.8 Å². The van der Waals surface area contributed by atoms with Gasteiger partial charge in [0.1, 0.15) is 0 Å². The molecule has 4 N–H and O–H groups in total.